The van der Waals surface area contributed by atoms with Crippen LogP contribution in [0.4, 0.5) is 0 Å². The van der Waals surface area contributed by atoms with Gasteiger partial charge in [-0.3, -0.25) is 4.90 Å². The largest absolute Gasteiger partial charge is 0.314 e. The quantitative estimate of drug-likeness (QED) is 0.831. The summed E-state index contributed by atoms with van der Waals surface area (Å²) < 4.78 is 0.969. The molecule has 0 saturated carbocycles. The fraction of sp³-hybridized carbons (Fsp3) is 0.545. The second kappa shape index (κ2) is 5.05. The summed E-state index contributed by atoms with van der Waals surface area (Å²) in [7, 11) is 0. The Bertz CT molecular complexity index is 323. The fourth-order valence-electron chi connectivity index (χ4n) is 1.98. The van der Waals surface area contributed by atoms with Crippen LogP contribution < -0.4 is 5.32 Å². The molecule has 0 aliphatic carbocycles. The highest BCUT2D eigenvalue weighted by Gasteiger charge is 2.19. The van der Waals surface area contributed by atoms with Gasteiger partial charge in [-0.25, -0.2) is 4.98 Å². The minimum absolute atomic E-state index is 0.440. The molecule has 1 atom stereocenters. The normalized spacial score (nSPS) is 20.1. The van der Waals surface area contributed by atoms with Crippen LogP contribution in [-0.4, -0.2) is 36.1 Å². The highest BCUT2D eigenvalue weighted by atomic mass is 79.9. The maximum atomic E-state index is 4.27. The molecule has 1 N–H and O–H groups in total. The van der Waals surface area contributed by atoms with Crippen LogP contribution in [0, 0.1) is 0 Å². The molecule has 1 aromatic rings. The van der Waals surface area contributed by atoms with Gasteiger partial charge in [0, 0.05) is 44.0 Å². The topological polar surface area (TPSA) is 28.2 Å². The lowest BCUT2D eigenvalue weighted by atomic mass is 10.1. The summed E-state index contributed by atoms with van der Waals surface area (Å²) in [4.78, 5) is 6.75. The zero-order valence-electron chi connectivity index (χ0n) is 8.91. The zero-order chi connectivity index (χ0) is 10.7. The first-order valence-electron chi connectivity index (χ1n) is 5.34. The van der Waals surface area contributed by atoms with E-state index in [1.165, 1.54) is 5.56 Å². The third-order valence-electron chi connectivity index (χ3n) is 2.94. The predicted molar refractivity (Wildman–Crippen MR) is 64.8 cm³/mol. The van der Waals surface area contributed by atoms with Gasteiger partial charge in [-0.05, 0) is 28.9 Å². The van der Waals surface area contributed by atoms with Gasteiger partial charge in [-0.1, -0.05) is 6.07 Å². The molecule has 15 heavy (non-hydrogen) atoms. The maximum Gasteiger partial charge on any atom is 0.110 e. The smallest absolute Gasteiger partial charge is 0.110 e. The van der Waals surface area contributed by atoms with Crippen molar-refractivity contribution >= 4 is 15.9 Å². The molecule has 4 heteroatoms. The van der Waals surface area contributed by atoms with E-state index >= 15 is 0 Å². The van der Waals surface area contributed by atoms with Crippen molar-refractivity contribution in [2.45, 2.75) is 13.0 Å². The van der Waals surface area contributed by atoms with Crippen LogP contribution in [-0.2, 0) is 0 Å². The second-order valence-corrected chi connectivity index (χ2v) is 4.60. The SMILES string of the molecule is C[C@H](c1cccnc1Br)N1CCNCC1. The van der Waals surface area contributed by atoms with E-state index in [2.05, 4.69) is 44.1 Å². The number of nitrogens with one attached hydrogen (secondary N) is 1. The lowest BCUT2D eigenvalue weighted by Crippen LogP contribution is -2.44. The number of nitrogens with zero attached hydrogens (tertiary/aromatic N) is 2. The van der Waals surface area contributed by atoms with Crippen LogP contribution in [0.1, 0.15) is 18.5 Å². The fourth-order valence-corrected chi connectivity index (χ4v) is 2.56. The minimum Gasteiger partial charge on any atom is -0.314 e. The van der Waals surface area contributed by atoms with Gasteiger partial charge in [-0.2, -0.15) is 0 Å². The Morgan fingerprint density at radius 3 is 2.87 bits per heavy atom. The molecule has 1 aromatic heterocycles. The molecule has 1 saturated heterocycles. The number of hydrogen-bond donors (Lipinski definition) is 1. The van der Waals surface area contributed by atoms with E-state index in [4.69, 9.17) is 0 Å². The highest BCUT2D eigenvalue weighted by molar-refractivity contribution is 9.10. The molecular formula is C11H16BrN3. The number of halogens is 1. The number of piperazine rings is 1. The predicted octanol–water partition coefficient (Wildman–Crippen LogP) is 1.81. The highest BCUT2D eigenvalue weighted by Crippen LogP contribution is 2.25. The average molecular weight is 270 g/mol. The second-order valence-electron chi connectivity index (χ2n) is 3.85. The van der Waals surface area contributed by atoms with Crippen LogP contribution in [0.15, 0.2) is 22.9 Å². The molecule has 1 fully saturated rings. The van der Waals surface area contributed by atoms with Gasteiger partial charge in [0.05, 0.1) is 0 Å². The van der Waals surface area contributed by atoms with Crippen molar-refractivity contribution in [3.05, 3.63) is 28.5 Å². The van der Waals surface area contributed by atoms with Crippen molar-refractivity contribution < 1.29 is 0 Å². The van der Waals surface area contributed by atoms with E-state index < -0.39 is 0 Å². The van der Waals surface area contributed by atoms with E-state index in [0.717, 1.165) is 30.8 Å². The first-order valence-corrected chi connectivity index (χ1v) is 6.13. The molecule has 0 aromatic carbocycles. The molecule has 2 heterocycles. The van der Waals surface area contributed by atoms with Crippen molar-refractivity contribution in [3.8, 4) is 0 Å². The van der Waals surface area contributed by atoms with Crippen LogP contribution in [0.5, 0.6) is 0 Å². The monoisotopic (exact) mass is 269 g/mol. The van der Waals surface area contributed by atoms with Crippen molar-refractivity contribution in [2.24, 2.45) is 0 Å². The first-order chi connectivity index (χ1) is 7.29. The summed E-state index contributed by atoms with van der Waals surface area (Å²) in [6.45, 7) is 6.64. The third-order valence-corrected chi connectivity index (χ3v) is 3.60. The molecular weight excluding hydrogens is 254 g/mol. The summed E-state index contributed by atoms with van der Waals surface area (Å²) in [5.41, 5.74) is 1.28. The van der Waals surface area contributed by atoms with Gasteiger partial charge in [-0.15, -0.1) is 0 Å². The number of rotatable bonds is 2. The molecule has 82 valence electrons. The number of aromatic nitrogens is 1. The zero-order valence-corrected chi connectivity index (χ0v) is 10.5. The summed E-state index contributed by atoms with van der Waals surface area (Å²) >= 11 is 3.51. The van der Waals surface area contributed by atoms with Crippen molar-refractivity contribution in [2.75, 3.05) is 26.2 Å². The summed E-state index contributed by atoms with van der Waals surface area (Å²) in [6.07, 6.45) is 1.82. The lowest BCUT2D eigenvalue weighted by molar-refractivity contribution is 0.185. The summed E-state index contributed by atoms with van der Waals surface area (Å²) in [5, 5.41) is 3.37. The van der Waals surface area contributed by atoms with Crippen LogP contribution in [0.2, 0.25) is 0 Å². The molecule has 0 spiro atoms. The Labute approximate surface area is 99.0 Å². The minimum atomic E-state index is 0.440. The summed E-state index contributed by atoms with van der Waals surface area (Å²) in [6, 6.07) is 4.58. The van der Waals surface area contributed by atoms with Crippen molar-refractivity contribution in [1.29, 1.82) is 0 Å². The molecule has 0 amide bonds. The molecule has 3 nitrogen and oxygen atoms in total. The summed E-state index contributed by atoms with van der Waals surface area (Å²) in [5.74, 6) is 0. The maximum absolute atomic E-state index is 4.27. The average Bonchev–Trinajstić information content (AvgIpc) is 2.30. The Kier molecular flexibility index (Phi) is 3.72. The third kappa shape index (κ3) is 2.56. The molecule has 0 bridgehead atoms. The van der Waals surface area contributed by atoms with Gasteiger partial charge >= 0.3 is 0 Å². The van der Waals surface area contributed by atoms with Gasteiger partial charge in [0.25, 0.3) is 0 Å². The Balaban J connectivity index is 2.12. The van der Waals surface area contributed by atoms with Crippen LogP contribution >= 0.6 is 15.9 Å². The molecule has 0 radical (unpaired) electrons. The van der Waals surface area contributed by atoms with Crippen molar-refractivity contribution in [3.63, 3.8) is 0 Å². The Morgan fingerprint density at radius 1 is 1.47 bits per heavy atom. The standard InChI is InChI=1S/C11H16BrN3/c1-9(15-7-5-13-6-8-15)10-3-2-4-14-11(10)12/h2-4,9,13H,5-8H2,1H3/t9-/m1/s1. The lowest BCUT2D eigenvalue weighted by Gasteiger charge is -2.33. The number of pyridine rings is 1. The van der Waals surface area contributed by atoms with Gasteiger partial charge in [0.1, 0.15) is 4.60 Å². The number of hydrogen-bond acceptors (Lipinski definition) is 3. The van der Waals surface area contributed by atoms with Gasteiger partial charge < -0.3 is 5.32 Å². The van der Waals surface area contributed by atoms with Gasteiger partial charge in [0.15, 0.2) is 0 Å². The van der Waals surface area contributed by atoms with E-state index in [9.17, 15) is 0 Å². The van der Waals surface area contributed by atoms with Crippen LogP contribution in [0.3, 0.4) is 0 Å². The molecule has 1 aliphatic heterocycles. The van der Waals surface area contributed by atoms with Crippen LogP contribution in [0.25, 0.3) is 0 Å². The molecule has 2 rings (SSSR count). The Morgan fingerprint density at radius 2 is 2.20 bits per heavy atom. The van der Waals surface area contributed by atoms with E-state index in [1.54, 1.807) is 0 Å². The van der Waals surface area contributed by atoms with Gasteiger partial charge in [0.2, 0.25) is 0 Å². The van der Waals surface area contributed by atoms with Crippen molar-refractivity contribution in [1.82, 2.24) is 15.2 Å². The molecule has 1 aliphatic rings. The van der Waals surface area contributed by atoms with E-state index in [1.807, 2.05) is 12.3 Å². The van der Waals surface area contributed by atoms with E-state index in [-0.39, 0.29) is 0 Å². The van der Waals surface area contributed by atoms with E-state index in [0.29, 0.717) is 6.04 Å². The molecule has 0 unspecified atom stereocenters. The Hall–Kier alpha value is -0.450. The first kappa shape index (κ1) is 11.0.